The summed E-state index contributed by atoms with van der Waals surface area (Å²) in [6.07, 6.45) is 1.49. The van der Waals surface area contributed by atoms with E-state index in [1.807, 2.05) is 0 Å². The maximum atomic E-state index is 11.9. The van der Waals surface area contributed by atoms with Gasteiger partial charge in [-0.15, -0.1) is 0 Å². The number of nitrogen functional groups attached to an aromatic ring is 1. The highest BCUT2D eigenvalue weighted by Crippen LogP contribution is 2.22. The molecule has 19 heavy (non-hydrogen) atoms. The molecule has 0 heterocycles. The molecule has 0 spiro atoms. The third-order valence-electron chi connectivity index (χ3n) is 2.57. The SMILES string of the molecule is CCNS(=O)(=O)c1ccc(N)c(NCCCCO)c1. The summed E-state index contributed by atoms with van der Waals surface area (Å²) in [7, 11) is -3.47. The van der Waals surface area contributed by atoms with Gasteiger partial charge in [-0.05, 0) is 31.0 Å². The summed E-state index contributed by atoms with van der Waals surface area (Å²) in [5.74, 6) is 0. The summed E-state index contributed by atoms with van der Waals surface area (Å²) in [5.41, 5.74) is 6.89. The fourth-order valence-corrected chi connectivity index (χ4v) is 2.66. The van der Waals surface area contributed by atoms with Crippen LogP contribution < -0.4 is 15.8 Å². The predicted octanol–water partition coefficient (Wildman–Crippen LogP) is 0.751. The van der Waals surface area contributed by atoms with Gasteiger partial charge in [0.05, 0.1) is 16.3 Å². The Kier molecular flexibility index (Phi) is 6.07. The van der Waals surface area contributed by atoms with Crippen molar-refractivity contribution in [2.24, 2.45) is 0 Å². The van der Waals surface area contributed by atoms with Gasteiger partial charge in [0.1, 0.15) is 0 Å². The van der Waals surface area contributed by atoms with Crippen LogP contribution >= 0.6 is 0 Å². The molecule has 0 amide bonds. The fraction of sp³-hybridized carbons (Fsp3) is 0.500. The number of aliphatic hydroxyl groups is 1. The Morgan fingerprint density at radius 3 is 2.68 bits per heavy atom. The summed E-state index contributed by atoms with van der Waals surface area (Å²) >= 11 is 0. The molecule has 0 atom stereocenters. The molecule has 5 N–H and O–H groups in total. The van der Waals surface area contributed by atoms with Gasteiger partial charge in [0.15, 0.2) is 0 Å². The third-order valence-corrected chi connectivity index (χ3v) is 4.11. The summed E-state index contributed by atoms with van der Waals surface area (Å²) in [5, 5.41) is 11.8. The number of nitrogens with two attached hydrogens (primary N) is 1. The van der Waals surface area contributed by atoms with Crippen molar-refractivity contribution in [2.75, 3.05) is 30.7 Å². The van der Waals surface area contributed by atoms with Gasteiger partial charge in [-0.1, -0.05) is 6.92 Å². The first-order valence-electron chi connectivity index (χ1n) is 6.25. The van der Waals surface area contributed by atoms with Crippen molar-refractivity contribution < 1.29 is 13.5 Å². The van der Waals surface area contributed by atoms with Crippen molar-refractivity contribution in [2.45, 2.75) is 24.7 Å². The second-order valence-electron chi connectivity index (χ2n) is 4.11. The summed E-state index contributed by atoms with van der Waals surface area (Å²) in [6.45, 7) is 2.84. The Hall–Kier alpha value is -1.31. The molecule has 0 saturated heterocycles. The molecule has 0 bridgehead atoms. The van der Waals surface area contributed by atoms with E-state index in [9.17, 15) is 8.42 Å². The van der Waals surface area contributed by atoms with Crippen molar-refractivity contribution in [1.29, 1.82) is 0 Å². The summed E-state index contributed by atoms with van der Waals surface area (Å²) in [4.78, 5) is 0.188. The Morgan fingerprint density at radius 2 is 2.05 bits per heavy atom. The van der Waals surface area contributed by atoms with Gasteiger partial charge >= 0.3 is 0 Å². The first-order valence-corrected chi connectivity index (χ1v) is 7.73. The Morgan fingerprint density at radius 1 is 1.32 bits per heavy atom. The average molecular weight is 287 g/mol. The zero-order valence-electron chi connectivity index (χ0n) is 11.0. The van der Waals surface area contributed by atoms with Gasteiger partial charge in [0.2, 0.25) is 10.0 Å². The Bertz CT molecular complexity index is 503. The quantitative estimate of drug-likeness (QED) is 0.417. The Balaban J connectivity index is 2.82. The normalized spacial score (nSPS) is 11.5. The van der Waals surface area contributed by atoms with Gasteiger partial charge in [0, 0.05) is 19.7 Å². The zero-order valence-corrected chi connectivity index (χ0v) is 11.8. The highest BCUT2D eigenvalue weighted by Gasteiger charge is 2.14. The minimum Gasteiger partial charge on any atom is -0.397 e. The molecule has 0 radical (unpaired) electrons. The molecular formula is C12H21N3O3S. The van der Waals surface area contributed by atoms with Crippen LogP contribution in [0, 0.1) is 0 Å². The number of hydrogen-bond donors (Lipinski definition) is 4. The van der Waals surface area contributed by atoms with Crippen molar-refractivity contribution >= 4 is 21.4 Å². The van der Waals surface area contributed by atoms with E-state index in [1.165, 1.54) is 12.1 Å². The minimum absolute atomic E-state index is 0.145. The highest BCUT2D eigenvalue weighted by molar-refractivity contribution is 7.89. The molecule has 0 fully saturated rings. The van der Waals surface area contributed by atoms with Crippen LogP contribution in [-0.2, 0) is 10.0 Å². The minimum atomic E-state index is -3.47. The molecule has 108 valence electrons. The lowest BCUT2D eigenvalue weighted by Gasteiger charge is -2.11. The van der Waals surface area contributed by atoms with Gasteiger partial charge in [-0.2, -0.15) is 0 Å². The number of anilines is 2. The van der Waals surface area contributed by atoms with Crippen molar-refractivity contribution in [3.63, 3.8) is 0 Å². The van der Waals surface area contributed by atoms with Gasteiger partial charge in [-0.3, -0.25) is 0 Å². The lowest BCUT2D eigenvalue weighted by atomic mass is 10.2. The van der Waals surface area contributed by atoms with E-state index in [0.717, 1.165) is 6.42 Å². The van der Waals surface area contributed by atoms with E-state index in [4.69, 9.17) is 10.8 Å². The molecule has 1 rings (SSSR count). The maximum absolute atomic E-state index is 11.9. The molecule has 1 aromatic carbocycles. The van der Waals surface area contributed by atoms with E-state index in [2.05, 4.69) is 10.0 Å². The molecule has 7 heteroatoms. The van der Waals surface area contributed by atoms with Crippen LogP contribution in [0.1, 0.15) is 19.8 Å². The van der Waals surface area contributed by atoms with Gasteiger partial charge in [-0.25, -0.2) is 13.1 Å². The predicted molar refractivity (Wildman–Crippen MR) is 76.5 cm³/mol. The van der Waals surface area contributed by atoms with E-state index >= 15 is 0 Å². The molecular weight excluding hydrogens is 266 g/mol. The molecule has 0 aliphatic rings. The van der Waals surface area contributed by atoms with Crippen LogP contribution in [0.5, 0.6) is 0 Å². The second kappa shape index (κ2) is 7.32. The van der Waals surface area contributed by atoms with E-state index in [1.54, 1.807) is 13.0 Å². The Labute approximate surface area is 114 Å². The van der Waals surface area contributed by atoms with E-state index in [0.29, 0.717) is 30.9 Å². The van der Waals surface area contributed by atoms with Crippen LogP contribution in [-0.4, -0.2) is 33.2 Å². The van der Waals surface area contributed by atoms with E-state index in [-0.39, 0.29) is 11.5 Å². The van der Waals surface area contributed by atoms with Crippen LogP contribution in [0.3, 0.4) is 0 Å². The van der Waals surface area contributed by atoms with Crippen LogP contribution in [0.25, 0.3) is 0 Å². The molecule has 0 unspecified atom stereocenters. The number of benzene rings is 1. The van der Waals surface area contributed by atoms with Crippen LogP contribution in [0.2, 0.25) is 0 Å². The number of hydrogen-bond acceptors (Lipinski definition) is 5. The second-order valence-corrected chi connectivity index (χ2v) is 5.87. The molecule has 0 aliphatic heterocycles. The number of rotatable bonds is 8. The van der Waals surface area contributed by atoms with Gasteiger partial charge in [0.25, 0.3) is 0 Å². The standard InChI is InChI=1S/C12H21N3O3S/c1-2-15-19(17,18)10-5-6-11(13)12(9-10)14-7-3-4-8-16/h5-6,9,14-16H,2-4,7-8,13H2,1H3. The lowest BCUT2D eigenvalue weighted by Crippen LogP contribution is -2.23. The number of aliphatic hydroxyl groups excluding tert-OH is 1. The summed E-state index contributed by atoms with van der Waals surface area (Å²) < 4.78 is 26.2. The fourth-order valence-electron chi connectivity index (χ4n) is 1.59. The molecule has 1 aromatic rings. The van der Waals surface area contributed by atoms with Crippen LogP contribution in [0.15, 0.2) is 23.1 Å². The molecule has 6 nitrogen and oxygen atoms in total. The van der Waals surface area contributed by atoms with Crippen LogP contribution in [0.4, 0.5) is 11.4 Å². The topological polar surface area (TPSA) is 104 Å². The van der Waals surface area contributed by atoms with Crippen molar-refractivity contribution in [1.82, 2.24) is 4.72 Å². The maximum Gasteiger partial charge on any atom is 0.240 e. The summed E-state index contributed by atoms with van der Waals surface area (Å²) in [6, 6.07) is 4.57. The third kappa shape index (κ3) is 4.70. The highest BCUT2D eigenvalue weighted by atomic mass is 32.2. The first kappa shape index (κ1) is 15.7. The smallest absolute Gasteiger partial charge is 0.240 e. The first-order chi connectivity index (χ1) is 9.01. The van der Waals surface area contributed by atoms with Crippen molar-refractivity contribution in [3.05, 3.63) is 18.2 Å². The number of unbranched alkanes of at least 4 members (excludes halogenated alkanes) is 1. The number of nitrogens with one attached hydrogen (secondary N) is 2. The van der Waals surface area contributed by atoms with Crippen molar-refractivity contribution in [3.8, 4) is 0 Å². The average Bonchev–Trinajstić information content (AvgIpc) is 2.36. The zero-order chi connectivity index (χ0) is 14.3. The van der Waals surface area contributed by atoms with E-state index < -0.39 is 10.0 Å². The monoisotopic (exact) mass is 287 g/mol. The largest absolute Gasteiger partial charge is 0.397 e. The molecule has 0 aliphatic carbocycles. The molecule has 0 saturated carbocycles. The van der Waals surface area contributed by atoms with Gasteiger partial charge < -0.3 is 16.2 Å². The number of sulfonamides is 1. The molecule has 0 aromatic heterocycles. The lowest BCUT2D eigenvalue weighted by molar-refractivity contribution is 0.286.